The topological polar surface area (TPSA) is 37.3 Å². The maximum atomic E-state index is 12.0. The van der Waals surface area contributed by atoms with Gasteiger partial charge in [-0.25, -0.2) is 0 Å². The molecule has 0 aromatic rings. The number of hydrogen-bond donors (Lipinski definition) is 1. The van der Waals surface area contributed by atoms with Gasteiger partial charge >= 0.3 is 0 Å². The summed E-state index contributed by atoms with van der Waals surface area (Å²) < 4.78 is 0. The van der Waals surface area contributed by atoms with Gasteiger partial charge in [0.1, 0.15) is 5.78 Å². The third kappa shape index (κ3) is 25.6. The van der Waals surface area contributed by atoms with Crippen molar-refractivity contribution in [3.8, 4) is 0 Å². The molecule has 0 saturated heterocycles. The van der Waals surface area contributed by atoms with Crippen molar-refractivity contribution in [2.45, 2.75) is 174 Å². The van der Waals surface area contributed by atoms with Gasteiger partial charge in [0.05, 0.1) is 6.10 Å². The Labute approximate surface area is 202 Å². The van der Waals surface area contributed by atoms with E-state index in [-0.39, 0.29) is 6.10 Å². The molecule has 32 heavy (non-hydrogen) atoms. The van der Waals surface area contributed by atoms with Gasteiger partial charge in [-0.2, -0.15) is 0 Å². The normalized spacial score (nSPS) is 12.6. The summed E-state index contributed by atoms with van der Waals surface area (Å²) in [4.78, 5) is 12.0. The van der Waals surface area contributed by atoms with E-state index in [1.165, 1.54) is 103 Å². The Morgan fingerprint density at radius 3 is 1.56 bits per heavy atom. The number of aliphatic hydroxyl groups is 1. The van der Waals surface area contributed by atoms with Gasteiger partial charge in [-0.3, -0.25) is 4.79 Å². The molecule has 0 saturated carbocycles. The van der Waals surface area contributed by atoms with Crippen LogP contribution in [0, 0.1) is 0 Å². The summed E-state index contributed by atoms with van der Waals surface area (Å²) in [7, 11) is 0. The van der Waals surface area contributed by atoms with Gasteiger partial charge < -0.3 is 5.11 Å². The highest BCUT2D eigenvalue weighted by atomic mass is 16.3. The van der Waals surface area contributed by atoms with Crippen LogP contribution in [0.15, 0.2) is 12.2 Å². The molecule has 2 nitrogen and oxygen atoms in total. The van der Waals surface area contributed by atoms with E-state index in [4.69, 9.17) is 0 Å². The molecule has 0 rings (SSSR count). The first-order chi connectivity index (χ1) is 15.7. The van der Waals surface area contributed by atoms with E-state index < -0.39 is 0 Å². The van der Waals surface area contributed by atoms with Crippen molar-refractivity contribution < 1.29 is 9.90 Å². The van der Waals surface area contributed by atoms with Crippen molar-refractivity contribution in [1.29, 1.82) is 0 Å². The fraction of sp³-hybridized carbons (Fsp3) is 0.900. The SMILES string of the molecule is CCCCCCCCCCCCC(=O)CCCCCCC/C=C\C[C@H](O)CCCCCC. The zero-order valence-electron chi connectivity index (χ0n) is 22.1. The summed E-state index contributed by atoms with van der Waals surface area (Å²) in [5, 5.41) is 9.95. The van der Waals surface area contributed by atoms with Crippen LogP contribution in [0.25, 0.3) is 0 Å². The van der Waals surface area contributed by atoms with Gasteiger partial charge in [0.15, 0.2) is 0 Å². The van der Waals surface area contributed by atoms with Gasteiger partial charge in [-0.15, -0.1) is 0 Å². The largest absolute Gasteiger partial charge is 0.393 e. The molecule has 0 radical (unpaired) electrons. The minimum atomic E-state index is -0.152. The summed E-state index contributed by atoms with van der Waals surface area (Å²) in [6.45, 7) is 4.49. The van der Waals surface area contributed by atoms with E-state index in [9.17, 15) is 9.90 Å². The molecule has 0 aliphatic carbocycles. The Kier molecular flexibility index (Phi) is 26.1. The Hall–Kier alpha value is -0.630. The molecule has 0 aromatic heterocycles. The van der Waals surface area contributed by atoms with Crippen LogP contribution < -0.4 is 0 Å². The van der Waals surface area contributed by atoms with Gasteiger partial charge in [-0.1, -0.05) is 129 Å². The smallest absolute Gasteiger partial charge is 0.132 e. The highest BCUT2D eigenvalue weighted by Crippen LogP contribution is 2.14. The molecule has 0 amide bonds. The Morgan fingerprint density at radius 2 is 1.03 bits per heavy atom. The van der Waals surface area contributed by atoms with E-state index in [0.717, 1.165) is 51.4 Å². The van der Waals surface area contributed by atoms with Crippen molar-refractivity contribution in [3.05, 3.63) is 12.2 Å². The second kappa shape index (κ2) is 26.6. The van der Waals surface area contributed by atoms with E-state index in [2.05, 4.69) is 26.0 Å². The molecule has 0 fully saturated rings. The molecule has 1 atom stereocenters. The van der Waals surface area contributed by atoms with Gasteiger partial charge in [-0.05, 0) is 38.5 Å². The first-order valence-corrected chi connectivity index (χ1v) is 14.5. The average Bonchev–Trinajstić information content (AvgIpc) is 2.79. The van der Waals surface area contributed by atoms with Gasteiger partial charge in [0.2, 0.25) is 0 Å². The van der Waals surface area contributed by atoms with Crippen molar-refractivity contribution in [2.75, 3.05) is 0 Å². The molecule has 0 aromatic carbocycles. The first-order valence-electron chi connectivity index (χ1n) is 14.5. The van der Waals surface area contributed by atoms with Gasteiger partial charge in [0.25, 0.3) is 0 Å². The number of ketones is 1. The maximum Gasteiger partial charge on any atom is 0.132 e. The second-order valence-corrected chi connectivity index (χ2v) is 9.99. The van der Waals surface area contributed by atoms with Crippen LogP contribution in [0.1, 0.15) is 168 Å². The fourth-order valence-electron chi connectivity index (χ4n) is 4.35. The lowest BCUT2D eigenvalue weighted by atomic mass is 10.0. The van der Waals surface area contributed by atoms with Crippen molar-refractivity contribution in [1.82, 2.24) is 0 Å². The zero-order valence-corrected chi connectivity index (χ0v) is 22.1. The highest BCUT2D eigenvalue weighted by molar-refractivity contribution is 5.78. The van der Waals surface area contributed by atoms with Crippen LogP contribution in [0.5, 0.6) is 0 Å². The van der Waals surface area contributed by atoms with Crippen LogP contribution in [0.2, 0.25) is 0 Å². The quantitative estimate of drug-likeness (QED) is 0.105. The standard InChI is InChI=1S/C30H58O2/c1-3-5-7-9-10-11-12-15-18-23-27-30(32)28-24-20-17-14-13-16-19-22-26-29(31)25-21-8-6-4-2/h19,22,29,31H,3-18,20-21,23-28H2,1-2H3/b22-19-/t29-/m1/s1. The summed E-state index contributed by atoms with van der Waals surface area (Å²) in [6.07, 6.45) is 33.1. The first kappa shape index (κ1) is 31.4. The average molecular weight is 451 g/mol. The van der Waals surface area contributed by atoms with E-state index in [1.807, 2.05) is 0 Å². The summed E-state index contributed by atoms with van der Waals surface area (Å²) in [6, 6.07) is 0. The zero-order chi connectivity index (χ0) is 23.5. The third-order valence-corrected chi connectivity index (χ3v) is 6.60. The lowest BCUT2D eigenvalue weighted by Crippen LogP contribution is -2.04. The highest BCUT2D eigenvalue weighted by Gasteiger charge is 2.02. The molecule has 1 N–H and O–H groups in total. The molecule has 0 unspecified atom stereocenters. The Balaban J connectivity index is 3.29. The number of carbonyl (C=O) groups excluding carboxylic acids is 1. The van der Waals surface area contributed by atoms with Crippen LogP contribution >= 0.6 is 0 Å². The van der Waals surface area contributed by atoms with Crippen molar-refractivity contribution in [2.24, 2.45) is 0 Å². The van der Waals surface area contributed by atoms with Crippen LogP contribution in [0.3, 0.4) is 0 Å². The predicted octanol–water partition coefficient (Wildman–Crippen LogP) is 9.87. The maximum absolute atomic E-state index is 12.0. The Morgan fingerprint density at radius 1 is 0.594 bits per heavy atom. The third-order valence-electron chi connectivity index (χ3n) is 6.60. The molecule has 0 aliphatic rings. The van der Waals surface area contributed by atoms with Crippen LogP contribution in [0.4, 0.5) is 0 Å². The predicted molar refractivity (Wildman–Crippen MR) is 142 cm³/mol. The minimum Gasteiger partial charge on any atom is -0.393 e. The number of rotatable bonds is 26. The van der Waals surface area contributed by atoms with Crippen LogP contribution in [-0.4, -0.2) is 17.0 Å². The monoisotopic (exact) mass is 450 g/mol. The lowest BCUT2D eigenvalue weighted by Gasteiger charge is -2.07. The van der Waals surface area contributed by atoms with E-state index >= 15 is 0 Å². The van der Waals surface area contributed by atoms with E-state index in [1.54, 1.807) is 0 Å². The molecule has 0 heterocycles. The molecular weight excluding hydrogens is 392 g/mol. The molecule has 190 valence electrons. The van der Waals surface area contributed by atoms with Gasteiger partial charge in [0, 0.05) is 12.8 Å². The van der Waals surface area contributed by atoms with Crippen molar-refractivity contribution in [3.63, 3.8) is 0 Å². The summed E-state index contributed by atoms with van der Waals surface area (Å²) >= 11 is 0. The Bertz CT molecular complexity index is 402. The molecular formula is C30H58O2. The number of unbranched alkanes of at least 4 members (excludes halogenated alkanes) is 17. The van der Waals surface area contributed by atoms with E-state index in [0.29, 0.717) is 5.78 Å². The molecule has 2 heteroatoms. The van der Waals surface area contributed by atoms with Crippen molar-refractivity contribution >= 4 is 5.78 Å². The molecule has 0 spiro atoms. The lowest BCUT2D eigenvalue weighted by molar-refractivity contribution is -0.119. The fourth-order valence-corrected chi connectivity index (χ4v) is 4.35. The minimum absolute atomic E-state index is 0.152. The summed E-state index contributed by atoms with van der Waals surface area (Å²) in [5.41, 5.74) is 0. The second-order valence-electron chi connectivity index (χ2n) is 9.99. The van der Waals surface area contributed by atoms with Crippen LogP contribution in [-0.2, 0) is 4.79 Å². The number of Topliss-reactive ketones (excluding diaryl/α,β-unsaturated/α-hetero) is 1. The molecule has 0 aliphatic heterocycles. The number of carbonyl (C=O) groups is 1. The summed E-state index contributed by atoms with van der Waals surface area (Å²) in [5.74, 6) is 0.487. The number of hydrogen-bond acceptors (Lipinski definition) is 2. The number of allylic oxidation sites excluding steroid dienone is 1. The molecule has 0 bridgehead atoms. The number of aliphatic hydroxyl groups excluding tert-OH is 1.